The number of aromatic nitrogens is 1. The average Bonchev–Trinajstić information content (AvgIpc) is 3.41. The molecule has 2 aromatic carbocycles. The summed E-state index contributed by atoms with van der Waals surface area (Å²) in [4.78, 5) is 18.3. The second-order valence-electron chi connectivity index (χ2n) is 5.79. The van der Waals surface area contributed by atoms with Crippen LogP contribution in [0.15, 0.2) is 59.4 Å². The summed E-state index contributed by atoms with van der Waals surface area (Å²) in [5.41, 5.74) is 3.46. The van der Waals surface area contributed by atoms with Gasteiger partial charge in [-0.15, -0.1) is 4.73 Å². The summed E-state index contributed by atoms with van der Waals surface area (Å²) >= 11 is 0. The van der Waals surface area contributed by atoms with Crippen LogP contribution in [0.2, 0.25) is 0 Å². The molecule has 1 aliphatic rings. The molecule has 4 rings (SSSR count). The SMILES string of the molecule is Cc1cc2c(C3CO3)cccc2n(OCc2ccccc2)c1=O. The van der Waals surface area contributed by atoms with Crippen LogP contribution < -0.4 is 10.4 Å². The number of epoxide rings is 1. The molecule has 0 bridgehead atoms. The van der Waals surface area contributed by atoms with Crippen molar-refractivity contribution in [3.63, 3.8) is 0 Å². The highest BCUT2D eigenvalue weighted by atomic mass is 16.7. The number of benzene rings is 2. The molecule has 1 aliphatic heterocycles. The standard InChI is InChI=1S/C19H17NO3/c1-13-10-16-15(18-12-22-18)8-5-9-17(16)20(19(13)21)23-11-14-6-3-2-4-7-14/h2-10,18H,11-12H2,1H3. The second kappa shape index (κ2) is 5.56. The van der Waals surface area contributed by atoms with Gasteiger partial charge in [-0.2, -0.15) is 0 Å². The summed E-state index contributed by atoms with van der Waals surface area (Å²) in [5.74, 6) is 0. The van der Waals surface area contributed by atoms with Crippen molar-refractivity contribution in [2.45, 2.75) is 19.6 Å². The van der Waals surface area contributed by atoms with Gasteiger partial charge in [0.15, 0.2) is 0 Å². The Hall–Kier alpha value is -2.59. The first-order chi connectivity index (χ1) is 11.2. The molecule has 4 nitrogen and oxygen atoms in total. The zero-order valence-corrected chi connectivity index (χ0v) is 12.9. The molecule has 3 aromatic rings. The molecule has 1 fully saturated rings. The van der Waals surface area contributed by atoms with E-state index < -0.39 is 0 Å². The van der Waals surface area contributed by atoms with Crippen molar-refractivity contribution in [2.24, 2.45) is 0 Å². The predicted octanol–water partition coefficient (Wildman–Crippen LogP) is 3.01. The minimum Gasteiger partial charge on any atom is -0.405 e. The van der Waals surface area contributed by atoms with Gasteiger partial charge in [0, 0.05) is 10.9 Å². The van der Waals surface area contributed by atoms with E-state index in [2.05, 4.69) is 0 Å². The Morgan fingerprint density at radius 3 is 2.70 bits per heavy atom. The van der Waals surface area contributed by atoms with E-state index in [0.717, 1.165) is 28.6 Å². The third-order valence-electron chi connectivity index (χ3n) is 4.10. The van der Waals surface area contributed by atoms with E-state index in [1.807, 2.05) is 61.5 Å². The molecule has 116 valence electrons. The molecule has 1 atom stereocenters. The van der Waals surface area contributed by atoms with E-state index in [4.69, 9.17) is 9.57 Å². The van der Waals surface area contributed by atoms with Gasteiger partial charge >= 0.3 is 0 Å². The van der Waals surface area contributed by atoms with Crippen LogP contribution in [-0.4, -0.2) is 11.3 Å². The van der Waals surface area contributed by atoms with Crippen LogP contribution in [-0.2, 0) is 11.3 Å². The van der Waals surface area contributed by atoms with Crippen LogP contribution >= 0.6 is 0 Å². The number of pyridine rings is 1. The normalized spacial score (nSPS) is 16.5. The van der Waals surface area contributed by atoms with Crippen LogP contribution in [0.1, 0.15) is 22.8 Å². The first-order valence-corrected chi connectivity index (χ1v) is 7.68. The lowest BCUT2D eigenvalue weighted by Crippen LogP contribution is -2.28. The minimum atomic E-state index is -0.123. The maximum atomic E-state index is 12.5. The van der Waals surface area contributed by atoms with E-state index in [1.54, 1.807) is 0 Å². The highest BCUT2D eigenvalue weighted by Crippen LogP contribution is 2.34. The Bertz CT molecular complexity index is 911. The first kappa shape index (κ1) is 14.0. The largest absolute Gasteiger partial charge is 0.405 e. The number of aryl methyl sites for hydroxylation is 1. The van der Waals surface area contributed by atoms with Gasteiger partial charge in [-0.1, -0.05) is 42.5 Å². The Morgan fingerprint density at radius 2 is 1.96 bits per heavy atom. The average molecular weight is 307 g/mol. The van der Waals surface area contributed by atoms with E-state index in [1.165, 1.54) is 4.73 Å². The summed E-state index contributed by atoms with van der Waals surface area (Å²) in [6, 6.07) is 17.7. The zero-order chi connectivity index (χ0) is 15.8. The minimum absolute atomic E-state index is 0.123. The lowest BCUT2D eigenvalue weighted by molar-refractivity contribution is 0.0988. The van der Waals surface area contributed by atoms with Gasteiger partial charge in [0.1, 0.15) is 12.7 Å². The van der Waals surface area contributed by atoms with Crippen LogP contribution in [0.25, 0.3) is 10.9 Å². The van der Waals surface area contributed by atoms with E-state index in [-0.39, 0.29) is 11.7 Å². The first-order valence-electron chi connectivity index (χ1n) is 7.68. The molecule has 1 saturated heterocycles. The molecule has 0 N–H and O–H groups in total. The lowest BCUT2D eigenvalue weighted by Gasteiger charge is -2.14. The monoisotopic (exact) mass is 307 g/mol. The van der Waals surface area contributed by atoms with Crippen LogP contribution in [0.4, 0.5) is 0 Å². The molecule has 0 radical (unpaired) electrons. The number of hydrogen-bond donors (Lipinski definition) is 0. The smallest absolute Gasteiger partial charge is 0.286 e. The maximum absolute atomic E-state index is 12.5. The van der Waals surface area contributed by atoms with Gasteiger partial charge in [-0.25, -0.2) is 0 Å². The Kier molecular flexibility index (Phi) is 3.39. The van der Waals surface area contributed by atoms with Gasteiger partial charge in [0.05, 0.1) is 12.1 Å². The van der Waals surface area contributed by atoms with E-state index in [9.17, 15) is 4.79 Å². The van der Waals surface area contributed by atoms with Gasteiger partial charge in [0.25, 0.3) is 5.56 Å². The number of fused-ring (bicyclic) bond motifs is 1. The summed E-state index contributed by atoms with van der Waals surface area (Å²) in [5, 5.41) is 1.01. The van der Waals surface area contributed by atoms with Crippen molar-refractivity contribution in [3.8, 4) is 0 Å². The summed E-state index contributed by atoms with van der Waals surface area (Å²) in [7, 11) is 0. The quantitative estimate of drug-likeness (QED) is 0.696. The Balaban J connectivity index is 1.80. The zero-order valence-electron chi connectivity index (χ0n) is 12.9. The van der Waals surface area contributed by atoms with Gasteiger partial charge in [0.2, 0.25) is 0 Å². The van der Waals surface area contributed by atoms with Gasteiger partial charge in [-0.05, 0) is 30.2 Å². The molecule has 23 heavy (non-hydrogen) atoms. The molecule has 1 unspecified atom stereocenters. The van der Waals surface area contributed by atoms with Crippen molar-refractivity contribution in [1.82, 2.24) is 4.73 Å². The fraction of sp³-hybridized carbons (Fsp3) is 0.211. The van der Waals surface area contributed by atoms with Gasteiger partial charge in [-0.3, -0.25) is 4.79 Å². The van der Waals surface area contributed by atoms with Crippen molar-refractivity contribution in [1.29, 1.82) is 0 Å². The fourth-order valence-corrected chi connectivity index (χ4v) is 2.80. The molecule has 0 aliphatic carbocycles. The van der Waals surface area contributed by atoms with E-state index in [0.29, 0.717) is 12.2 Å². The van der Waals surface area contributed by atoms with Crippen LogP contribution in [0, 0.1) is 6.92 Å². The number of hydrogen-bond acceptors (Lipinski definition) is 3. The summed E-state index contributed by atoms with van der Waals surface area (Å²) < 4.78 is 6.82. The van der Waals surface area contributed by atoms with Crippen molar-refractivity contribution >= 4 is 10.9 Å². The Labute approximate surface area is 133 Å². The van der Waals surface area contributed by atoms with E-state index >= 15 is 0 Å². The van der Waals surface area contributed by atoms with Crippen molar-refractivity contribution < 1.29 is 9.57 Å². The molecular weight excluding hydrogens is 290 g/mol. The van der Waals surface area contributed by atoms with Crippen molar-refractivity contribution in [2.75, 3.05) is 6.61 Å². The molecular formula is C19H17NO3. The predicted molar refractivity (Wildman–Crippen MR) is 88.4 cm³/mol. The topological polar surface area (TPSA) is 43.8 Å². The maximum Gasteiger partial charge on any atom is 0.286 e. The van der Waals surface area contributed by atoms with Gasteiger partial charge < -0.3 is 9.57 Å². The highest BCUT2D eigenvalue weighted by Gasteiger charge is 2.27. The summed E-state index contributed by atoms with van der Waals surface area (Å²) in [6.07, 6.45) is 0.137. The summed E-state index contributed by atoms with van der Waals surface area (Å²) in [6.45, 7) is 2.90. The highest BCUT2D eigenvalue weighted by molar-refractivity contribution is 5.83. The third-order valence-corrected chi connectivity index (χ3v) is 4.10. The lowest BCUT2D eigenvalue weighted by atomic mass is 10.0. The molecule has 1 aromatic heterocycles. The fourth-order valence-electron chi connectivity index (χ4n) is 2.80. The third kappa shape index (κ3) is 2.62. The number of nitrogens with zero attached hydrogens (tertiary/aromatic N) is 1. The van der Waals surface area contributed by atoms with Crippen molar-refractivity contribution in [3.05, 3.63) is 81.6 Å². The van der Waals surface area contributed by atoms with Crippen LogP contribution in [0.5, 0.6) is 0 Å². The molecule has 0 spiro atoms. The Morgan fingerprint density at radius 1 is 1.17 bits per heavy atom. The molecule has 0 saturated carbocycles. The molecule has 0 amide bonds. The molecule has 4 heteroatoms. The number of rotatable bonds is 4. The van der Waals surface area contributed by atoms with Crippen LogP contribution in [0.3, 0.4) is 0 Å². The molecule has 2 heterocycles. The number of ether oxygens (including phenoxy) is 1. The second-order valence-corrected chi connectivity index (χ2v) is 5.79.